The Labute approximate surface area is 173 Å². The summed E-state index contributed by atoms with van der Waals surface area (Å²) in [6.45, 7) is 6.91. The summed E-state index contributed by atoms with van der Waals surface area (Å²) in [6, 6.07) is 15.0. The number of nitrogens with one attached hydrogen (secondary N) is 1. The van der Waals surface area contributed by atoms with Crippen molar-refractivity contribution >= 4 is 32.6 Å². The van der Waals surface area contributed by atoms with Gasteiger partial charge in [-0.3, -0.25) is 9.69 Å². The van der Waals surface area contributed by atoms with Gasteiger partial charge in [0.1, 0.15) is 13.1 Å². The molecular weight excluding hydrogens is 384 g/mol. The number of nitrogens with zero attached hydrogens (tertiary/aromatic N) is 3. The molecule has 1 aromatic heterocycles. The molecule has 0 saturated carbocycles. The maximum absolute atomic E-state index is 13.4. The predicted octanol–water partition coefficient (Wildman–Crippen LogP) is 2.04. The lowest BCUT2D eigenvalue weighted by molar-refractivity contribution is -0.906. The average molecular weight is 408 g/mol. The van der Waals surface area contributed by atoms with E-state index in [-0.39, 0.29) is 5.91 Å². The minimum absolute atomic E-state index is 0.0844. The quantitative estimate of drug-likeness (QED) is 0.703. The maximum atomic E-state index is 13.4. The molecule has 1 fully saturated rings. The van der Waals surface area contributed by atoms with Crippen LogP contribution in [-0.4, -0.2) is 50.3 Å². The van der Waals surface area contributed by atoms with Gasteiger partial charge in [0.15, 0.2) is 5.13 Å². The molecule has 4 rings (SSSR count). The molecule has 2 heterocycles. The summed E-state index contributed by atoms with van der Waals surface area (Å²) in [6.07, 6.45) is 0. The highest BCUT2D eigenvalue weighted by Crippen LogP contribution is 2.31. The summed E-state index contributed by atoms with van der Waals surface area (Å²) >= 11 is 1.54. The molecule has 2 aromatic carbocycles. The zero-order valence-electron chi connectivity index (χ0n) is 16.4. The van der Waals surface area contributed by atoms with Crippen molar-refractivity contribution in [2.24, 2.45) is 0 Å². The highest BCUT2D eigenvalue weighted by atomic mass is 32.1. The van der Waals surface area contributed by atoms with Gasteiger partial charge in [0.25, 0.3) is 5.91 Å². The number of quaternary nitrogens is 1. The van der Waals surface area contributed by atoms with Crippen LogP contribution in [0.15, 0.2) is 42.5 Å². The molecule has 0 bridgehead atoms. The molecule has 1 aliphatic heterocycles. The highest BCUT2D eigenvalue weighted by Gasteiger charge is 2.24. The second-order valence-electron chi connectivity index (χ2n) is 7.18. The summed E-state index contributed by atoms with van der Waals surface area (Å²) < 4.78 is 6.52. The number of hydrogen-bond donors (Lipinski definition) is 1. The van der Waals surface area contributed by atoms with Crippen LogP contribution in [0.5, 0.6) is 0 Å². The van der Waals surface area contributed by atoms with Crippen LogP contribution < -0.4 is 9.80 Å². The highest BCUT2D eigenvalue weighted by molar-refractivity contribution is 7.22. The van der Waals surface area contributed by atoms with E-state index in [4.69, 9.17) is 15.0 Å². The van der Waals surface area contributed by atoms with Crippen LogP contribution in [0.4, 0.5) is 5.13 Å². The number of hydrogen-bond acceptors (Lipinski definition) is 5. The van der Waals surface area contributed by atoms with Crippen LogP contribution in [0.25, 0.3) is 10.2 Å². The second kappa shape index (κ2) is 8.70. The SMILES string of the molecule is Cc1cccc2sc(N(CC[NH+]3CCOCC3)C(=O)c3ccc(C#N)cc3)nc12. The molecule has 0 aliphatic carbocycles. The Morgan fingerprint density at radius 3 is 2.69 bits per heavy atom. The number of fused-ring (bicyclic) bond motifs is 1. The van der Waals surface area contributed by atoms with E-state index in [1.54, 1.807) is 40.5 Å². The largest absolute Gasteiger partial charge is 0.370 e. The van der Waals surface area contributed by atoms with E-state index >= 15 is 0 Å². The minimum Gasteiger partial charge on any atom is -0.370 e. The Kier molecular flexibility index (Phi) is 5.86. The van der Waals surface area contributed by atoms with Gasteiger partial charge in [-0.05, 0) is 42.8 Å². The van der Waals surface area contributed by atoms with E-state index in [9.17, 15) is 4.79 Å². The monoisotopic (exact) mass is 407 g/mol. The van der Waals surface area contributed by atoms with Gasteiger partial charge < -0.3 is 9.64 Å². The first kappa shape index (κ1) is 19.5. The lowest BCUT2D eigenvalue weighted by Gasteiger charge is -2.27. The Balaban J connectivity index is 1.64. The van der Waals surface area contributed by atoms with Crippen LogP contribution in [0, 0.1) is 18.3 Å². The molecule has 1 saturated heterocycles. The fourth-order valence-electron chi connectivity index (χ4n) is 3.50. The van der Waals surface area contributed by atoms with Crippen molar-refractivity contribution in [1.29, 1.82) is 5.26 Å². The Morgan fingerprint density at radius 1 is 1.24 bits per heavy atom. The summed E-state index contributed by atoms with van der Waals surface area (Å²) in [4.78, 5) is 21.4. The number of para-hydroxylation sites is 1. The molecule has 0 unspecified atom stereocenters. The summed E-state index contributed by atoms with van der Waals surface area (Å²) in [7, 11) is 0. The lowest BCUT2D eigenvalue weighted by atomic mass is 10.1. The molecule has 148 valence electrons. The number of aryl methyl sites for hydroxylation is 1. The van der Waals surface area contributed by atoms with Crippen molar-refractivity contribution < 1.29 is 14.4 Å². The van der Waals surface area contributed by atoms with Gasteiger partial charge in [-0.15, -0.1) is 0 Å². The van der Waals surface area contributed by atoms with Crippen LogP contribution in [0.1, 0.15) is 21.5 Å². The number of carbonyl (C=O) groups excluding carboxylic acids is 1. The molecule has 7 heteroatoms. The molecule has 0 spiro atoms. The van der Waals surface area contributed by atoms with E-state index in [0.29, 0.717) is 17.7 Å². The topological polar surface area (TPSA) is 70.7 Å². The molecule has 6 nitrogen and oxygen atoms in total. The molecule has 3 aromatic rings. The third-order valence-corrected chi connectivity index (χ3v) is 6.28. The van der Waals surface area contributed by atoms with Crippen LogP contribution in [0.3, 0.4) is 0 Å². The predicted molar refractivity (Wildman–Crippen MR) is 114 cm³/mol. The van der Waals surface area contributed by atoms with Gasteiger partial charge in [0, 0.05) is 5.56 Å². The van der Waals surface area contributed by atoms with Crippen molar-refractivity contribution in [2.45, 2.75) is 6.92 Å². The fourth-order valence-corrected chi connectivity index (χ4v) is 4.57. The Hall–Kier alpha value is -2.79. The van der Waals surface area contributed by atoms with Gasteiger partial charge in [-0.25, -0.2) is 4.98 Å². The number of ether oxygens (including phenoxy) is 1. The fraction of sp³-hybridized carbons (Fsp3) is 0.318. The van der Waals surface area contributed by atoms with Crippen LogP contribution in [-0.2, 0) is 4.74 Å². The molecular formula is C22H23N4O2S+. The van der Waals surface area contributed by atoms with Crippen molar-refractivity contribution in [3.8, 4) is 6.07 Å². The number of rotatable bonds is 5. The lowest BCUT2D eigenvalue weighted by Crippen LogP contribution is -3.14. The zero-order valence-corrected chi connectivity index (χ0v) is 17.2. The normalized spacial score (nSPS) is 14.6. The first-order valence-corrected chi connectivity index (χ1v) is 10.6. The van der Waals surface area contributed by atoms with Crippen molar-refractivity contribution in [3.05, 3.63) is 59.2 Å². The minimum atomic E-state index is -0.0844. The van der Waals surface area contributed by atoms with Crippen molar-refractivity contribution in [1.82, 2.24) is 4.98 Å². The second-order valence-corrected chi connectivity index (χ2v) is 8.19. The first-order valence-electron chi connectivity index (χ1n) is 9.75. The van der Waals surface area contributed by atoms with E-state index in [0.717, 1.165) is 53.8 Å². The molecule has 1 N–H and O–H groups in total. The maximum Gasteiger partial charge on any atom is 0.260 e. The summed E-state index contributed by atoms with van der Waals surface area (Å²) in [5, 5.41) is 9.74. The zero-order chi connectivity index (χ0) is 20.2. The van der Waals surface area contributed by atoms with E-state index in [2.05, 4.69) is 6.07 Å². The number of aromatic nitrogens is 1. The number of thiazole rings is 1. The van der Waals surface area contributed by atoms with Gasteiger partial charge in [-0.1, -0.05) is 23.5 Å². The Bertz CT molecular complexity index is 1050. The first-order chi connectivity index (χ1) is 14.2. The smallest absolute Gasteiger partial charge is 0.260 e. The number of morpholine rings is 1. The number of nitriles is 1. The van der Waals surface area contributed by atoms with Gasteiger partial charge in [0.2, 0.25) is 0 Å². The Morgan fingerprint density at radius 2 is 2.00 bits per heavy atom. The third-order valence-electron chi connectivity index (χ3n) is 5.24. The number of benzene rings is 2. The summed E-state index contributed by atoms with van der Waals surface area (Å²) in [5.74, 6) is -0.0844. The van der Waals surface area contributed by atoms with Crippen molar-refractivity contribution in [3.63, 3.8) is 0 Å². The van der Waals surface area contributed by atoms with Crippen LogP contribution >= 0.6 is 11.3 Å². The number of carbonyl (C=O) groups is 1. The molecule has 0 radical (unpaired) electrons. The number of amides is 1. The molecule has 29 heavy (non-hydrogen) atoms. The standard InChI is InChI=1S/C22H22N4O2S/c1-16-3-2-4-19-20(16)24-22(29-19)26(10-9-25-11-13-28-14-12-25)21(27)18-7-5-17(15-23)6-8-18/h2-8H,9-14H2,1H3/p+1. The molecule has 0 atom stereocenters. The summed E-state index contributed by atoms with van der Waals surface area (Å²) in [5.41, 5.74) is 3.16. The van der Waals surface area contributed by atoms with Crippen molar-refractivity contribution in [2.75, 3.05) is 44.3 Å². The van der Waals surface area contributed by atoms with E-state index < -0.39 is 0 Å². The van der Waals surface area contributed by atoms with Gasteiger partial charge in [0.05, 0.1) is 48.2 Å². The third kappa shape index (κ3) is 4.30. The van der Waals surface area contributed by atoms with E-state index in [1.807, 2.05) is 25.1 Å². The average Bonchev–Trinajstić information content (AvgIpc) is 3.20. The number of anilines is 1. The molecule has 1 amide bonds. The van der Waals surface area contributed by atoms with Crippen LogP contribution in [0.2, 0.25) is 0 Å². The van der Waals surface area contributed by atoms with E-state index in [1.165, 1.54) is 4.90 Å². The van der Waals surface area contributed by atoms with Gasteiger partial charge >= 0.3 is 0 Å². The molecule has 1 aliphatic rings. The van der Waals surface area contributed by atoms with Gasteiger partial charge in [-0.2, -0.15) is 5.26 Å².